The Hall–Kier alpha value is -1.18. The predicted octanol–water partition coefficient (Wildman–Crippen LogP) is 2.24. The first-order chi connectivity index (χ1) is 9.58. The topological polar surface area (TPSA) is 50.2 Å². The number of thiophene rings is 1. The summed E-state index contributed by atoms with van der Waals surface area (Å²) in [5, 5.41) is 9.46. The summed E-state index contributed by atoms with van der Waals surface area (Å²) in [6.45, 7) is 2.05. The standard InChI is InChI=1S/C13H17BrN4OS/c1-17(2)5-6-18-13(19)12(14)11(9-16-18)15-8-10-4-3-7-20-10/h3-4,7,9,15H,5-6,8H2,1-2H3. The van der Waals surface area contributed by atoms with Crippen molar-refractivity contribution in [3.05, 3.63) is 43.4 Å². The van der Waals surface area contributed by atoms with Crippen molar-refractivity contribution in [3.63, 3.8) is 0 Å². The molecule has 0 aliphatic carbocycles. The lowest BCUT2D eigenvalue weighted by Crippen LogP contribution is -2.29. The minimum absolute atomic E-state index is 0.108. The molecule has 0 aliphatic rings. The number of hydrogen-bond donors (Lipinski definition) is 1. The lowest BCUT2D eigenvalue weighted by molar-refractivity contribution is 0.367. The minimum atomic E-state index is -0.108. The summed E-state index contributed by atoms with van der Waals surface area (Å²) in [5.41, 5.74) is 0.618. The second-order valence-electron chi connectivity index (χ2n) is 4.64. The van der Waals surface area contributed by atoms with Gasteiger partial charge in [-0.05, 0) is 41.5 Å². The molecule has 2 aromatic rings. The zero-order chi connectivity index (χ0) is 14.5. The molecule has 0 bridgehead atoms. The van der Waals surface area contributed by atoms with Crippen LogP contribution >= 0.6 is 27.3 Å². The zero-order valence-electron chi connectivity index (χ0n) is 11.5. The summed E-state index contributed by atoms with van der Waals surface area (Å²) in [4.78, 5) is 15.4. The SMILES string of the molecule is CN(C)CCn1ncc(NCc2cccs2)c(Br)c1=O. The van der Waals surface area contributed by atoms with Gasteiger partial charge >= 0.3 is 0 Å². The lowest BCUT2D eigenvalue weighted by atomic mass is 10.4. The summed E-state index contributed by atoms with van der Waals surface area (Å²) in [7, 11) is 3.94. The maximum Gasteiger partial charge on any atom is 0.283 e. The Morgan fingerprint density at radius 1 is 1.50 bits per heavy atom. The monoisotopic (exact) mass is 356 g/mol. The van der Waals surface area contributed by atoms with Crippen molar-refractivity contribution < 1.29 is 0 Å². The highest BCUT2D eigenvalue weighted by atomic mass is 79.9. The van der Waals surface area contributed by atoms with Gasteiger partial charge in [0.2, 0.25) is 0 Å². The Morgan fingerprint density at radius 3 is 2.95 bits per heavy atom. The van der Waals surface area contributed by atoms with Crippen LogP contribution in [0.4, 0.5) is 5.69 Å². The van der Waals surface area contributed by atoms with Crippen molar-refractivity contribution in [2.24, 2.45) is 0 Å². The molecule has 7 heteroatoms. The van der Waals surface area contributed by atoms with E-state index in [0.29, 0.717) is 17.6 Å². The first kappa shape index (κ1) is 15.2. The Kier molecular flexibility index (Phi) is 5.33. The van der Waals surface area contributed by atoms with Gasteiger partial charge in [-0.1, -0.05) is 6.07 Å². The van der Waals surface area contributed by atoms with Gasteiger partial charge in [0.15, 0.2) is 0 Å². The first-order valence-corrected chi connectivity index (χ1v) is 7.92. The summed E-state index contributed by atoms with van der Waals surface area (Å²) in [6.07, 6.45) is 1.69. The average molecular weight is 357 g/mol. The third-order valence-electron chi connectivity index (χ3n) is 2.78. The van der Waals surface area contributed by atoms with E-state index in [2.05, 4.69) is 32.4 Å². The van der Waals surface area contributed by atoms with Crippen molar-refractivity contribution in [1.82, 2.24) is 14.7 Å². The Bertz CT molecular complexity index is 609. The molecule has 2 aromatic heterocycles. The third kappa shape index (κ3) is 3.91. The van der Waals surface area contributed by atoms with Crippen LogP contribution in [0.15, 0.2) is 33.0 Å². The van der Waals surface area contributed by atoms with Gasteiger partial charge in [-0.2, -0.15) is 5.10 Å². The van der Waals surface area contributed by atoms with Crippen LogP contribution in [0.1, 0.15) is 4.88 Å². The molecule has 20 heavy (non-hydrogen) atoms. The number of nitrogens with one attached hydrogen (secondary N) is 1. The predicted molar refractivity (Wildman–Crippen MR) is 86.4 cm³/mol. The molecule has 0 amide bonds. The van der Waals surface area contributed by atoms with Gasteiger partial charge in [-0.25, -0.2) is 4.68 Å². The number of hydrogen-bond acceptors (Lipinski definition) is 5. The van der Waals surface area contributed by atoms with Crippen LogP contribution in [-0.2, 0) is 13.1 Å². The molecule has 0 saturated heterocycles. The van der Waals surface area contributed by atoms with E-state index in [1.165, 1.54) is 9.56 Å². The maximum absolute atomic E-state index is 12.2. The molecule has 0 unspecified atom stereocenters. The fourth-order valence-electron chi connectivity index (χ4n) is 1.64. The molecule has 0 atom stereocenters. The molecule has 0 aromatic carbocycles. The van der Waals surface area contributed by atoms with Crippen molar-refractivity contribution in [2.75, 3.05) is 26.0 Å². The molecular formula is C13H17BrN4OS. The van der Waals surface area contributed by atoms with Crippen LogP contribution in [0.5, 0.6) is 0 Å². The van der Waals surface area contributed by atoms with Gasteiger partial charge < -0.3 is 10.2 Å². The Labute approximate surface area is 130 Å². The van der Waals surface area contributed by atoms with E-state index in [-0.39, 0.29) is 5.56 Å². The van der Waals surface area contributed by atoms with Gasteiger partial charge in [-0.15, -0.1) is 11.3 Å². The molecule has 0 spiro atoms. The summed E-state index contributed by atoms with van der Waals surface area (Å²) < 4.78 is 2.00. The Balaban J connectivity index is 2.08. The second-order valence-corrected chi connectivity index (χ2v) is 6.46. The van der Waals surface area contributed by atoms with Crippen molar-refractivity contribution >= 4 is 33.0 Å². The van der Waals surface area contributed by atoms with E-state index < -0.39 is 0 Å². The molecule has 0 radical (unpaired) electrons. The second kappa shape index (κ2) is 7.01. The van der Waals surface area contributed by atoms with Gasteiger partial charge in [0, 0.05) is 18.0 Å². The maximum atomic E-state index is 12.2. The number of aromatic nitrogens is 2. The largest absolute Gasteiger partial charge is 0.378 e. The summed E-state index contributed by atoms with van der Waals surface area (Å²) in [6, 6.07) is 4.06. The number of likely N-dealkylation sites (N-methyl/N-ethyl adjacent to an activating group) is 1. The van der Waals surface area contributed by atoms with Crippen LogP contribution in [0.2, 0.25) is 0 Å². The van der Waals surface area contributed by atoms with Crippen molar-refractivity contribution in [3.8, 4) is 0 Å². The normalized spacial score (nSPS) is 11.0. The van der Waals surface area contributed by atoms with E-state index in [1.807, 2.05) is 30.4 Å². The summed E-state index contributed by atoms with van der Waals surface area (Å²) >= 11 is 5.04. The van der Waals surface area contributed by atoms with Gasteiger partial charge in [0.05, 0.1) is 18.4 Å². The number of rotatable bonds is 6. The molecule has 108 valence electrons. The quantitative estimate of drug-likeness (QED) is 0.862. The highest BCUT2D eigenvalue weighted by Crippen LogP contribution is 2.18. The van der Waals surface area contributed by atoms with Crippen molar-refractivity contribution in [2.45, 2.75) is 13.1 Å². The highest BCUT2D eigenvalue weighted by molar-refractivity contribution is 9.10. The number of nitrogens with zero attached hydrogens (tertiary/aromatic N) is 3. The Morgan fingerprint density at radius 2 is 2.30 bits per heavy atom. The molecule has 2 heterocycles. The molecular weight excluding hydrogens is 340 g/mol. The van der Waals surface area contributed by atoms with Crippen molar-refractivity contribution in [1.29, 1.82) is 0 Å². The fraction of sp³-hybridized carbons (Fsp3) is 0.385. The molecule has 5 nitrogen and oxygen atoms in total. The molecule has 1 N–H and O–H groups in total. The van der Waals surface area contributed by atoms with E-state index in [9.17, 15) is 4.79 Å². The van der Waals surface area contributed by atoms with E-state index >= 15 is 0 Å². The third-order valence-corrected chi connectivity index (χ3v) is 4.42. The summed E-state index contributed by atoms with van der Waals surface area (Å²) in [5.74, 6) is 0. The van der Waals surface area contributed by atoms with E-state index in [0.717, 1.165) is 12.2 Å². The molecule has 0 saturated carbocycles. The van der Waals surface area contributed by atoms with Crippen LogP contribution in [0, 0.1) is 0 Å². The zero-order valence-corrected chi connectivity index (χ0v) is 13.9. The minimum Gasteiger partial charge on any atom is -0.378 e. The van der Waals surface area contributed by atoms with Gasteiger partial charge in [-0.3, -0.25) is 4.79 Å². The fourth-order valence-corrected chi connectivity index (χ4v) is 2.73. The first-order valence-electron chi connectivity index (χ1n) is 6.24. The lowest BCUT2D eigenvalue weighted by Gasteiger charge is -2.12. The van der Waals surface area contributed by atoms with E-state index in [1.54, 1.807) is 17.5 Å². The molecule has 0 aliphatic heterocycles. The molecule has 0 fully saturated rings. The van der Waals surface area contributed by atoms with Gasteiger partial charge in [0.25, 0.3) is 5.56 Å². The number of anilines is 1. The smallest absolute Gasteiger partial charge is 0.283 e. The van der Waals surface area contributed by atoms with Gasteiger partial charge in [0.1, 0.15) is 4.47 Å². The van der Waals surface area contributed by atoms with E-state index in [4.69, 9.17) is 0 Å². The van der Waals surface area contributed by atoms with Crippen LogP contribution < -0.4 is 10.9 Å². The average Bonchev–Trinajstić information content (AvgIpc) is 2.92. The number of halogens is 1. The molecule has 2 rings (SSSR count). The van der Waals surface area contributed by atoms with Crippen LogP contribution in [0.3, 0.4) is 0 Å². The van der Waals surface area contributed by atoms with Crippen LogP contribution in [0.25, 0.3) is 0 Å². The highest BCUT2D eigenvalue weighted by Gasteiger charge is 2.09. The van der Waals surface area contributed by atoms with Crippen LogP contribution in [-0.4, -0.2) is 35.3 Å².